The third-order valence-electron chi connectivity index (χ3n) is 3.10. The number of likely N-dealkylation sites (tertiary alicyclic amines) is 1. The predicted octanol–water partition coefficient (Wildman–Crippen LogP) is 1.68. The van der Waals surface area contributed by atoms with Crippen LogP contribution in [0, 0.1) is 0 Å². The number of hydrogen-bond donors (Lipinski definition) is 1. The minimum atomic E-state index is -5.10. The summed E-state index contributed by atoms with van der Waals surface area (Å²) in [7, 11) is 0. The van der Waals surface area contributed by atoms with Gasteiger partial charge in [0.05, 0.1) is 6.54 Å². The number of carboxylic acids is 1. The van der Waals surface area contributed by atoms with Crippen LogP contribution in [0.3, 0.4) is 0 Å². The summed E-state index contributed by atoms with van der Waals surface area (Å²) in [4.78, 5) is 22.6. The van der Waals surface area contributed by atoms with Gasteiger partial charge in [0.15, 0.2) is 0 Å². The number of benzene rings is 1. The van der Waals surface area contributed by atoms with Crippen LogP contribution in [0.2, 0.25) is 0 Å². The van der Waals surface area contributed by atoms with Gasteiger partial charge in [0.2, 0.25) is 0 Å². The molecular formula is C13H12F3NO4. The number of ether oxygens (including phenoxy) is 1. The van der Waals surface area contributed by atoms with Gasteiger partial charge in [-0.3, -0.25) is 4.79 Å². The van der Waals surface area contributed by atoms with Crippen LogP contribution in [0.5, 0.6) is 5.75 Å². The molecule has 5 nitrogen and oxygen atoms in total. The molecule has 1 amide bonds. The standard InChI is InChI=1S/C13H12F3NO4/c14-13(15,16)12(20)17-7-9(6-10(17)11(18)19)21-8-4-2-1-3-5-8/h1-5,9-10H,6-7H2,(H,18,19)/t9-,10-/m0/s1. The van der Waals surface area contributed by atoms with Crippen molar-refractivity contribution >= 4 is 11.9 Å². The second kappa shape index (κ2) is 5.63. The summed E-state index contributed by atoms with van der Waals surface area (Å²) in [6.07, 6.45) is -6.08. The van der Waals surface area contributed by atoms with Crippen molar-refractivity contribution in [2.24, 2.45) is 0 Å². The normalized spacial score (nSPS) is 22.1. The zero-order chi connectivity index (χ0) is 15.6. The Kier molecular flexibility index (Phi) is 4.06. The fraction of sp³-hybridized carbons (Fsp3) is 0.385. The Balaban J connectivity index is 2.12. The smallest absolute Gasteiger partial charge is 0.471 e. The topological polar surface area (TPSA) is 66.8 Å². The molecular weight excluding hydrogens is 291 g/mol. The molecule has 114 valence electrons. The molecule has 2 atom stereocenters. The van der Waals surface area contributed by atoms with E-state index in [9.17, 15) is 22.8 Å². The summed E-state index contributed by atoms with van der Waals surface area (Å²) >= 11 is 0. The molecule has 21 heavy (non-hydrogen) atoms. The molecule has 0 aromatic heterocycles. The van der Waals surface area contributed by atoms with Gasteiger partial charge in [0.1, 0.15) is 17.9 Å². The van der Waals surface area contributed by atoms with Crippen LogP contribution in [-0.4, -0.2) is 46.7 Å². The van der Waals surface area contributed by atoms with Crippen LogP contribution in [0.4, 0.5) is 13.2 Å². The first kappa shape index (κ1) is 15.1. The van der Waals surface area contributed by atoms with Crippen molar-refractivity contribution in [3.05, 3.63) is 30.3 Å². The van der Waals surface area contributed by atoms with Crippen LogP contribution < -0.4 is 4.74 Å². The molecule has 0 spiro atoms. The van der Waals surface area contributed by atoms with Crippen LogP contribution in [0.1, 0.15) is 6.42 Å². The third kappa shape index (κ3) is 3.45. The quantitative estimate of drug-likeness (QED) is 0.922. The summed E-state index contributed by atoms with van der Waals surface area (Å²) in [6, 6.07) is 6.76. The van der Waals surface area contributed by atoms with Gasteiger partial charge in [0.25, 0.3) is 0 Å². The Labute approximate surface area is 117 Å². The number of halogens is 3. The fourth-order valence-electron chi connectivity index (χ4n) is 2.20. The molecule has 0 unspecified atom stereocenters. The molecule has 1 aliphatic heterocycles. The van der Waals surface area contributed by atoms with E-state index in [1.54, 1.807) is 30.3 Å². The Morgan fingerprint density at radius 3 is 2.38 bits per heavy atom. The summed E-state index contributed by atoms with van der Waals surface area (Å²) in [5.74, 6) is -3.23. The van der Waals surface area contributed by atoms with Crippen LogP contribution in [0.15, 0.2) is 30.3 Å². The van der Waals surface area contributed by atoms with E-state index in [2.05, 4.69) is 0 Å². The van der Waals surface area contributed by atoms with Crippen molar-refractivity contribution in [1.29, 1.82) is 0 Å². The first-order valence-corrected chi connectivity index (χ1v) is 6.11. The lowest BCUT2D eigenvalue weighted by Crippen LogP contribution is -2.47. The van der Waals surface area contributed by atoms with Gasteiger partial charge >= 0.3 is 18.1 Å². The van der Waals surface area contributed by atoms with Crippen LogP contribution in [0.25, 0.3) is 0 Å². The summed E-state index contributed by atoms with van der Waals surface area (Å²) in [6.45, 7) is -0.412. The number of rotatable bonds is 3. The Morgan fingerprint density at radius 2 is 1.86 bits per heavy atom. The molecule has 1 saturated heterocycles. The van der Waals surface area contributed by atoms with Crippen molar-refractivity contribution in [2.75, 3.05) is 6.54 Å². The first-order chi connectivity index (χ1) is 9.79. The molecule has 1 N–H and O–H groups in total. The highest BCUT2D eigenvalue weighted by atomic mass is 19.4. The maximum atomic E-state index is 12.5. The highest BCUT2D eigenvalue weighted by Gasteiger charge is 2.50. The molecule has 2 rings (SSSR count). The number of nitrogens with zero attached hydrogens (tertiary/aromatic N) is 1. The summed E-state index contributed by atoms with van der Waals surface area (Å²) in [5.41, 5.74) is 0. The lowest BCUT2D eigenvalue weighted by molar-refractivity contribution is -0.188. The molecule has 0 radical (unpaired) electrons. The number of carbonyl (C=O) groups is 2. The molecule has 1 aromatic carbocycles. The van der Waals surface area contributed by atoms with Gasteiger partial charge in [-0.25, -0.2) is 4.79 Å². The number of hydrogen-bond acceptors (Lipinski definition) is 3. The average molecular weight is 303 g/mol. The first-order valence-electron chi connectivity index (χ1n) is 6.11. The van der Waals surface area contributed by atoms with Crippen molar-refractivity contribution < 1.29 is 32.6 Å². The van der Waals surface area contributed by atoms with Gasteiger partial charge in [0, 0.05) is 6.42 Å². The van der Waals surface area contributed by atoms with Crippen LogP contribution in [-0.2, 0) is 9.59 Å². The highest BCUT2D eigenvalue weighted by Crippen LogP contribution is 2.28. The van der Waals surface area contributed by atoms with E-state index in [4.69, 9.17) is 9.84 Å². The lowest BCUT2D eigenvalue weighted by atomic mass is 10.2. The number of alkyl halides is 3. The number of para-hydroxylation sites is 1. The maximum Gasteiger partial charge on any atom is 0.471 e. The zero-order valence-electron chi connectivity index (χ0n) is 10.7. The second-order valence-corrected chi connectivity index (χ2v) is 4.60. The Hall–Kier alpha value is -2.25. The molecule has 1 fully saturated rings. The van der Waals surface area contributed by atoms with E-state index in [1.165, 1.54) is 0 Å². The fourth-order valence-corrected chi connectivity index (χ4v) is 2.20. The van der Waals surface area contributed by atoms with Crippen molar-refractivity contribution in [3.63, 3.8) is 0 Å². The van der Waals surface area contributed by atoms with Crippen molar-refractivity contribution in [2.45, 2.75) is 24.7 Å². The SMILES string of the molecule is O=C(O)[C@@H]1C[C@H](Oc2ccccc2)CN1C(=O)C(F)(F)F. The summed E-state index contributed by atoms with van der Waals surface area (Å²) < 4.78 is 42.8. The molecule has 8 heteroatoms. The van der Waals surface area contributed by atoms with Gasteiger partial charge in [-0.1, -0.05) is 18.2 Å². The monoisotopic (exact) mass is 303 g/mol. The number of carboxylic acid groups (broad SMARTS) is 1. The van der Waals surface area contributed by atoms with E-state index in [0.29, 0.717) is 10.6 Å². The largest absolute Gasteiger partial charge is 0.488 e. The van der Waals surface area contributed by atoms with E-state index in [1.807, 2.05) is 0 Å². The van der Waals surface area contributed by atoms with Gasteiger partial charge in [-0.2, -0.15) is 13.2 Å². The van der Waals surface area contributed by atoms with Gasteiger partial charge in [-0.05, 0) is 12.1 Å². The second-order valence-electron chi connectivity index (χ2n) is 4.60. The lowest BCUT2D eigenvalue weighted by Gasteiger charge is -2.22. The molecule has 0 saturated carbocycles. The zero-order valence-corrected chi connectivity index (χ0v) is 10.7. The van der Waals surface area contributed by atoms with Crippen LogP contribution >= 0.6 is 0 Å². The molecule has 1 aliphatic rings. The summed E-state index contributed by atoms with van der Waals surface area (Å²) in [5, 5.41) is 8.97. The number of aliphatic carboxylic acids is 1. The highest BCUT2D eigenvalue weighted by molar-refractivity contribution is 5.87. The van der Waals surface area contributed by atoms with Crippen molar-refractivity contribution in [3.8, 4) is 5.75 Å². The van der Waals surface area contributed by atoms with Gasteiger partial charge < -0.3 is 14.7 Å². The van der Waals surface area contributed by atoms with Gasteiger partial charge in [-0.15, -0.1) is 0 Å². The average Bonchev–Trinajstić information content (AvgIpc) is 2.82. The third-order valence-corrected chi connectivity index (χ3v) is 3.10. The minimum Gasteiger partial charge on any atom is -0.488 e. The molecule has 1 aromatic rings. The van der Waals surface area contributed by atoms with E-state index in [0.717, 1.165) is 0 Å². The van der Waals surface area contributed by atoms with E-state index in [-0.39, 0.29) is 6.42 Å². The number of carbonyl (C=O) groups excluding carboxylic acids is 1. The maximum absolute atomic E-state index is 12.5. The number of amides is 1. The molecule has 1 heterocycles. The van der Waals surface area contributed by atoms with E-state index < -0.39 is 36.7 Å². The molecule has 0 bridgehead atoms. The predicted molar refractivity (Wildman–Crippen MR) is 64.7 cm³/mol. The minimum absolute atomic E-state index is 0.188. The Morgan fingerprint density at radius 1 is 1.24 bits per heavy atom. The van der Waals surface area contributed by atoms with E-state index >= 15 is 0 Å². The Bertz CT molecular complexity index is 532. The molecule has 0 aliphatic carbocycles. The van der Waals surface area contributed by atoms with Crippen molar-refractivity contribution in [1.82, 2.24) is 4.90 Å².